The zero-order valence-electron chi connectivity index (χ0n) is 14.3. The van der Waals surface area contributed by atoms with Gasteiger partial charge in [0.05, 0.1) is 16.7 Å². The number of thioether (sulfide) groups is 2. The Morgan fingerprint density at radius 1 is 1.46 bits per heavy atom. The lowest BCUT2D eigenvalue weighted by atomic mass is 10.2. The van der Waals surface area contributed by atoms with Gasteiger partial charge in [-0.25, -0.2) is 0 Å². The van der Waals surface area contributed by atoms with Gasteiger partial charge in [-0.05, 0) is 32.0 Å². The number of halogens is 1. The standard InChI is InChI=1S/C17H18ClN3O3S2/c1-10-7-15(20-24-10)19-17(23)11(2)26-9-16(22)21-5-6-25-14-4-3-12(18)8-13(14)21/h3-4,7-8,11H,5-6,9H2,1-2H3,(H,19,20,23). The lowest BCUT2D eigenvalue weighted by Crippen LogP contribution is -2.37. The highest BCUT2D eigenvalue weighted by molar-refractivity contribution is 8.01. The first kappa shape index (κ1) is 19.1. The predicted molar refractivity (Wildman–Crippen MR) is 106 cm³/mol. The third-order valence-electron chi connectivity index (χ3n) is 3.79. The molecule has 1 aromatic heterocycles. The van der Waals surface area contributed by atoms with Crippen molar-refractivity contribution < 1.29 is 14.1 Å². The molecular weight excluding hydrogens is 394 g/mol. The number of carbonyl (C=O) groups is 2. The maximum atomic E-state index is 12.7. The van der Waals surface area contributed by atoms with Crippen molar-refractivity contribution in [2.75, 3.05) is 28.3 Å². The van der Waals surface area contributed by atoms with Crippen LogP contribution in [0.5, 0.6) is 0 Å². The number of hydrogen-bond donors (Lipinski definition) is 1. The van der Waals surface area contributed by atoms with E-state index in [0.717, 1.165) is 16.3 Å². The van der Waals surface area contributed by atoms with Gasteiger partial charge >= 0.3 is 0 Å². The van der Waals surface area contributed by atoms with Crippen molar-refractivity contribution in [3.05, 3.63) is 35.0 Å². The third-order valence-corrected chi connectivity index (χ3v) is 6.20. The van der Waals surface area contributed by atoms with Crippen molar-refractivity contribution >= 4 is 58.4 Å². The van der Waals surface area contributed by atoms with Gasteiger partial charge < -0.3 is 14.7 Å². The zero-order valence-corrected chi connectivity index (χ0v) is 16.7. The summed E-state index contributed by atoms with van der Waals surface area (Å²) in [5.41, 5.74) is 0.842. The Morgan fingerprint density at radius 2 is 2.27 bits per heavy atom. The van der Waals surface area contributed by atoms with Gasteiger partial charge in [-0.1, -0.05) is 16.8 Å². The van der Waals surface area contributed by atoms with Crippen LogP contribution in [0.15, 0.2) is 33.7 Å². The Morgan fingerprint density at radius 3 is 3.00 bits per heavy atom. The topological polar surface area (TPSA) is 75.4 Å². The second kappa shape index (κ2) is 8.37. The largest absolute Gasteiger partial charge is 0.360 e. The zero-order chi connectivity index (χ0) is 18.7. The van der Waals surface area contributed by atoms with Crippen LogP contribution in [0.1, 0.15) is 12.7 Å². The second-order valence-electron chi connectivity index (χ2n) is 5.77. The van der Waals surface area contributed by atoms with Crippen molar-refractivity contribution in [1.82, 2.24) is 5.16 Å². The van der Waals surface area contributed by atoms with Gasteiger partial charge in [0.25, 0.3) is 0 Å². The Labute approximate surface area is 165 Å². The maximum Gasteiger partial charge on any atom is 0.238 e. The number of amides is 2. The molecule has 2 aromatic rings. The monoisotopic (exact) mass is 411 g/mol. The molecule has 1 atom stereocenters. The first-order valence-corrected chi connectivity index (χ1v) is 10.4. The minimum absolute atomic E-state index is 0.0317. The Kier molecular flexibility index (Phi) is 6.16. The van der Waals surface area contributed by atoms with E-state index in [9.17, 15) is 9.59 Å². The minimum atomic E-state index is -0.394. The summed E-state index contributed by atoms with van der Waals surface area (Å²) in [5, 5.41) is 6.62. The number of benzene rings is 1. The molecule has 2 heterocycles. The van der Waals surface area contributed by atoms with Crippen LogP contribution in [-0.2, 0) is 9.59 Å². The maximum absolute atomic E-state index is 12.7. The molecule has 0 fully saturated rings. The molecule has 0 bridgehead atoms. The summed E-state index contributed by atoms with van der Waals surface area (Å²) in [6.07, 6.45) is 0. The molecule has 2 amide bonds. The van der Waals surface area contributed by atoms with Crippen LogP contribution in [0, 0.1) is 6.92 Å². The van der Waals surface area contributed by atoms with E-state index < -0.39 is 5.25 Å². The molecule has 0 spiro atoms. The van der Waals surface area contributed by atoms with Gasteiger partial charge in [-0.15, -0.1) is 23.5 Å². The van der Waals surface area contributed by atoms with Crippen LogP contribution in [0.2, 0.25) is 5.02 Å². The number of anilines is 2. The van der Waals surface area contributed by atoms with E-state index in [4.69, 9.17) is 16.1 Å². The van der Waals surface area contributed by atoms with Crippen molar-refractivity contribution in [2.45, 2.75) is 24.0 Å². The summed E-state index contributed by atoms with van der Waals surface area (Å²) in [5.74, 6) is 1.80. The second-order valence-corrected chi connectivity index (χ2v) is 8.67. The smallest absolute Gasteiger partial charge is 0.238 e. The molecular formula is C17H18ClN3O3S2. The minimum Gasteiger partial charge on any atom is -0.360 e. The van der Waals surface area contributed by atoms with Crippen molar-refractivity contribution in [2.24, 2.45) is 0 Å². The van der Waals surface area contributed by atoms with Gasteiger partial charge in [0.2, 0.25) is 11.8 Å². The molecule has 3 rings (SSSR count). The summed E-state index contributed by atoms with van der Waals surface area (Å²) in [6.45, 7) is 4.15. The van der Waals surface area contributed by atoms with Crippen LogP contribution in [0.25, 0.3) is 0 Å². The van der Waals surface area contributed by atoms with E-state index >= 15 is 0 Å². The average molecular weight is 412 g/mol. The number of aryl methyl sites for hydroxylation is 1. The van der Waals surface area contributed by atoms with Gasteiger partial charge in [0.1, 0.15) is 5.76 Å². The van der Waals surface area contributed by atoms with Gasteiger partial charge in [0, 0.05) is 28.3 Å². The number of carbonyl (C=O) groups excluding carboxylic acids is 2. The van der Waals surface area contributed by atoms with Crippen molar-refractivity contribution in [1.29, 1.82) is 0 Å². The number of aromatic nitrogens is 1. The average Bonchev–Trinajstić information content (AvgIpc) is 3.03. The summed E-state index contributed by atoms with van der Waals surface area (Å²) in [4.78, 5) is 27.6. The molecule has 26 heavy (non-hydrogen) atoms. The summed E-state index contributed by atoms with van der Waals surface area (Å²) >= 11 is 9.08. The van der Waals surface area contributed by atoms with Crippen molar-refractivity contribution in [3.63, 3.8) is 0 Å². The fourth-order valence-electron chi connectivity index (χ4n) is 2.45. The molecule has 0 aliphatic carbocycles. The lowest BCUT2D eigenvalue weighted by molar-refractivity contribution is -0.116. The van der Waals surface area contributed by atoms with Crippen LogP contribution in [0.3, 0.4) is 0 Å². The molecule has 0 saturated heterocycles. The summed E-state index contributed by atoms with van der Waals surface area (Å²) in [6, 6.07) is 7.22. The van der Waals surface area contributed by atoms with E-state index in [1.54, 1.807) is 36.6 Å². The first-order chi connectivity index (χ1) is 12.4. The van der Waals surface area contributed by atoms with E-state index in [1.165, 1.54) is 11.8 Å². The Balaban J connectivity index is 1.57. The van der Waals surface area contributed by atoms with E-state index in [2.05, 4.69) is 10.5 Å². The Hall–Kier alpha value is -1.64. The van der Waals surface area contributed by atoms with Crippen LogP contribution >= 0.6 is 35.1 Å². The van der Waals surface area contributed by atoms with Gasteiger partial charge in [-0.3, -0.25) is 9.59 Å². The highest BCUT2D eigenvalue weighted by atomic mass is 35.5. The quantitative estimate of drug-likeness (QED) is 0.805. The molecule has 1 aliphatic heterocycles. The van der Waals surface area contributed by atoms with Gasteiger partial charge in [-0.2, -0.15) is 0 Å². The number of rotatable bonds is 5. The number of nitrogens with zero attached hydrogens (tertiary/aromatic N) is 2. The summed E-state index contributed by atoms with van der Waals surface area (Å²) in [7, 11) is 0. The summed E-state index contributed by atoms with van der Waals surface area (Å²) < 4.78 is 4.92. The van der Waals surface area contributed by atoms with E-state index in [1.807, 2.05) is 18.2 Å². The molecule has 1 aliphatic rings. The predicted octanol–water partition coefficient (Wildman–Crippen LogP) is 3.84. The SMILES string of the molecule is Cc1cc(NC(=O)C(C)SCC(=O)N2CCSc3ccc(Cl)cc32)no1. The fourth-order valence-corrected chi connectivity index (χ4v) is 4.35. The molecule has 9 heteroatoms. The van der Waals surface area contributed by atoms with Crippen LogP contribution in [-0.4, -0.2) is 40.3 Å². The Bertz CT molecular complexity index is 827. The van der Waals surface area contributed by atoms with E-state index in [-0.39, 0.29) is 17.6 Å². The normalized spacial score (nSPS) is 14.7. The number of nitrogens with one attached hydrogen (secondary N) is 1. The fraction of sp³-hybridized carbons (Fsp3) is 0.353. The molecule has 0 radical (unpaired) electrons. The molecule has 1 unspecified atom stereocenters. The first-order valence-electron chi connectivity index (χ1n) is 8.02. The third kappa shape index (κ3) is 4.55. The van der Waals surface area contributed by atoms with E-state index in [0.29, 0.717) is 23.1 Å². The lowest BCUT2D eigenvalue weighted by Gasteiger charge is -2.29. The molecule has 1 N–H and O–H groups in total. The highest BCUT2D eigenvalue weighted by Gasteiger charge is 2.25. The van der Waals surface area contributed by atoms with Crippen LogP contribution in [0.4, 0.5) is 11.5 Å². The molecule has 0 saturated carbocycles. The molecule has 1 aromatic carbocycles. The van der Waals surface area contributed by atoms with Crippen molar-refractivity contribution in [3.8, 4) is 0 Å². The van der Waals surface area contributed by atoms with Crippen LogP contribution < -0.4 is 10.2 Å². The van der Waals surface area contributed by atoms with Gasteiger partial charge in [0.15, 0.2) is 5.82 Å². The number of fused-ring (bicyclic) bond motifs is 1. The molecule has 138 valence electrons. The molecule has 6 nitrogen and oxygen atoms in total. The number of hydrogen-bond acceptors (Lipinski definition) is 6. The highest BCUT2D eigenvalue weighted by Crippen LogP contribution is 2.36.